The molecule has 0 saturated carbocycles. The van der Waals surface area contributed by atoms with Crippen LogP contribution in [0.1, 0.15) is 15.9 Å². The Morgan fingerprint density at radius 3 is 2.53 bits per heavy atom. The van der Waals surface area contributed by atoms with Gasteiger partial charge >= 0.3 is 0 Å². The minimum atomic E-state index is 0.706. The lowest BCUT2D eigenvalue weighted by Gasteiger charge is -2.09. The van der Waals surface area contributed by atoms with Crippen LogP contribution in [0.2, 0.25) is 0 Å². The molecule has 0 aliphatic rings. The van der Waals surface area contributed by atoms with Crippen LogP contribution in [0.3, 0.4) is 0 Å². The maximum Gasteiger partial charge on any atom is 0.150 e. The maximum absolute atomic E-state index is 11.0. The molecule has 17 heavy (non-hydrogen) atoms. The van der Waals surface area contributed by atoms with E-state index in [-0.39, 0.29) is 0 Å². The van der Waals surface area contributed by atoms with E-state index in [1.165, 1.54) is 0 Å². The van der Waals surface area contributed by atoms with Crippen LogP contribution in [0.5, 0.6) is 5.75 Å². The second kappa shape index (κ2) is 4.83. The molecule has 0 aromatic heterocycles. The highest BCUT2D eigenvalue weighted by molar-refractivity contribution is 5.87. The van der Waals surface area contributed by atoms with Crippen molar-refractivity contribution < 1.29 is 9.53 Å². The van der Waals surface area contributed by atoms with Gasteiger partial charge in [0.05, 0.1) is 7.11 Å². The average Bonchev–Trinajstić information content (AvgIpc) is 2.38. The van der Waals surface area contributed by atoms with E-state index in [1.54, 1.807) is 7.11 Å². The van der Waals surface area contributed by atoms with Crippen LogP contribution in [-0.2, 0) is 0 Å². The van der Waals surface area contributed by atoms with Gasteiger partial charge in [0.25, 0.3) is 0 Å². The lowest BCUT2D eigenvalue weighted by molar-refractivity contribution is 0.112. The average molecular weight is 226 g/mol. The van der Waals surface area contributed by atoms with Gasteiger partial charge in [-0.2, -0.15) is 0 Å². The second-order valence-corrected chi connectivity index (χ2v) is 3.89. The van der Waals surface area contributed by atoms with Crippen LogP contribution >= 0.6 is 0 Å². The monoisotopic (exact) mass is 226 g/mol. The molecule has 0 aliphatic heterocycles. The molecule has 2 nitrogen and oxygen atoms in total. The minimum Gasteiger partial charge on any atom is -0.496 e. The van der Waals surface area contributed by atoms with E-state index in [0.717, 1.165) is 28.7 Å². The van der Waals surface area contributed by atoms with Gasteiger partial charge in [-0.3, -0.25) is 4.79 Å². The summed E-state index contributed by atoms with van der Waals surface area (Å²) in [6.45, 7) is 1.99. The molecule has 2 heteroatoms. The van der Waals surface area contributed by atoms with E-state index >= 15 is 0 Å². The van der Waals surface area contributed by atoms with Crippen LogP contribution in [-0.4, -0.2) is 13.4 Å². The highest BCUT2D eigenvalue weighted by atomic mass is 16.5. The van der Waals surface area contributed by atoms with E-state index in [4.69, 9.17) is 4.74 Å². The molecule has 0 atom stereocenters. The van der Waals surface area contributed by atoms with Gasteiger partial charge in [0.1, 0.15) is 5.75 Å². The number of aldehydes is 1. The van der Waals surface area contributed by atoms with E-state index in [1.807, 2.05) is 49.4 Å². The molecule has 2 rings (SSSR count). The SMILES string of the molecule is COc1ccc(-c2ccccc2C=O)cc1C. The van der Waals surface area contributed by atoms with E-state index in [0.29, 0.717) is 5.56 Å². The fraction of sp³-hybridized carbons (Fsp3) is 0.133. The summed E-state index contributed by atoms with van der Waals surface area (Å²) in [5, 5.41) is 0. The van der Waals surface area contributed by atoms with Gasteiger partial charge in [0, 0.05) is 5.56 Å². The third kappa shape index (κ3) is 2.21. The summed E-state index contributed by atoms with van der Waals surface area (Å²) in [4.78, 5) is 11.0. The molecule has 2 aromatic rings. The van der Waals surface area contributed by atoms with Gasteiger partial charge in [-0.15, -0.1) is 0 Å². The molecule has 0 bridgehead atoms. The number of hydrogen-bond donors (Lipinski definition) is 0. The van der Waals surface area contributed by atoms with Crippen molar-refractivity contribution in [1.82, 2.24) is 0 Å². The smallest absolute Gasteiger partial charge is 0.150 e. The molecule has 2 aromatic carbocycles. The molecule has 0 spiro atoms. The third-order valence-corrected chi connectivity index (χ3v) is 2.79. The largest absolute Gasteiger partial charge is 0.496 e. The Morgan fingerprint density at radius 2 is 1.88 bits per heavy atom. The first-order chi connectivity index (χ1) is 8.26. The quantitative estimate of drug-likeness (QED) is 0.749. The van der Waals surface area contributed by atoms with Gasteiger partial charge in [0.15, 0.2) is 6.29 Å². The fourth-order valence-electron chi connectivity index (χ4n) is 1.91. The van der Waals surface area contributed by atoms with Crippen molar-refractivity contribution in [1.29, 1.82) is 0 Å². The van der Waals surface area contributed by atoms with Gasteiger partial charge in [0.2, 0.25) is 0 Å². The zero-order valence-electron chi connectivity index (χ0n) is 9.94. The molecule has 0 N–H and O–H groups in total. The molecule has 0 radical (unpaired) electrons. The number of aryl methyl sites for hydroxylation is 1. The lowest BCUT2D eigenvalue weighted by atomic mass is 9.99. The molecule has 0 saturated heterocycles. The number of carbonyl (C=O) groups is 1. The first-order valence-electron chi connectivity index (χ1n) is 5.45. The molecular formula is C15H14O2. The number of benzene rings is 2. The van der Waals surface area contributed by atoms with E-state index in [2.05, 4.69) is 0 Å². The zero-order valence-corrected chi connectivity index (χ0v) is 9.94. The summed E-state index contributed by atoms with van der Waals surface area (Å²) in [5.41, 5.74) is 3.75. The predicted octanol–water partition coefficient (Wildman–Crippen LogP) is 3.48. The Morgan fingerprint density at radius 1 is 1.12 bits per heavy atom. The van der Waals surface area contributed by atoms with Crippen molar-refractivity contribution in [3.05, 3.63) is 53.6 Å². The normalized spacial score (nSPS) is 10.0. The van der Waals surface area contributed by atoms with Gasteiger partial charge in [-0.1, -0.05) is 30.3 Å². The molecular weight excluding hydrogens is 212 g/mol. The molecule has 0 heterocycles. The van der Waals surface area contributed by atoms with Crippen LogP contribution in [0.15, 0.2) is 42.5 Å². The lowest BCUT2D eigenvalue weighted by Crippen LogP contribution is -1.90. The summed E-state index contributed by atoms with van der Waals surface area (Å²) in [6.07, 6.45) is 0.884. The summed E-state index contributed by atoms with van der Waals surface area (Å²) in [7, 11) is 1.65. The maximum atomic E-state index is 11.0. The Balaban J connectivity index is 2.53. The van der Waals surface area contributed by atoms with Gasteiger partial charge in [-0.05, 0) is 35.7 Å². The van der Waals surface area contributed by atoms with Crippen LogP contribution < -0.4 is 4.74 Å². The number of methoxy groups -OCH3 is 1. The van der Waals surface area contributed by atoms with Crippen molar-refractivity contribution in [3.63, 3.8) is 0 Å². The Kier molecular flexibility index (Phi) is 3.24. The minimum absolute atomic E-state index is 0.706. The Labute approximate surface area is 101 Å². The first-order valence-corrected chi connectivity index (χ1v) is 5.45. The molecule has 0 aliphatic carbocycles. The van der Waals surface area contributed by atoms with Crippen LogP contribution in [0.4, 0.5) is 0 Å². The first kappa shape index (κ1) is 11.4. The Hall–Kier alpha value is -2.09. The third-order valence-electron chi connectivity index (χ3n) is 2.79. The van der Waals surface area contributed by atoms with Crippen molar-refractivity contribution in [3.8, 4) is 16.9 Å². The van der Waals surface area contributed by atoms with Gasteiger partial charge < -0.3 is 4.74 Å². The topological polar surface area (TPSA) is 26.3 Å². The van der Waals surface area contributed by atoms with E-state index < -0.39 is 0 Å². The Bertz CT molecular complexity index is 544. The predicted molar refractivity (Wildman–Crippen MR) is 68.6 cm³/mol. The van der Waals surface area contributed by atoms with Crippen molar-refractivity contribution >= 4 is 6.29 Å². The molecule has 0 fully saturated rings. The van der Waals surface area contributed by atoms with Crippen LogP contribution in [0.25, 0.3) is 11.1 Å². The van der Waals surface area contributed by atoms with E-state index in [9.17, 15) is 4.79 Å². The van der Waals surface area contributed by atoms with Crippen molar-refractivity contribution in [2.75, 3.05) is 7.11 Å². The zero-order chi connectivity index (χ0) is 12.3. The van der Waals surface area contributed by atoms with Gasteiger partial charge in [-0.25, -0.2) is 0 Å². The fourth-order valence-corrected chi connectivity index (χ4v) is 1.91. The molecule has 86 valence electrons. The standard InChI is InChI=1S/C15H14O2/c1-11-9-12(7-8-15(11)17-2)14-6-4-3-5-13(14)10-16/h3-10H,1-2H3. The molecule has 0 unspecified atom stereocenters. The highest BCUT2D eigenvalue weighted by Gasteiger charge is 2.05. The van der Waals surface area contributed by atoms with Crippen molar-refractivity contribution in [2.45, 2.75) is 6.92 Å². The highest BCUT2D eigenvalue weighted by Crippen LogP contribution is 2.27. The summed E-state index contributed by atoms with van der Waals surface area (Å²) in [5.74, 6) is 0.859. The number of rotatable bonds is 3. The summed E-state index contributed by atoms with van der Waals surface area (Å²) >= 11 is 0. The second-order valence-electron chi connectivity index (χ2n) is 3.89. The number of carbonyl (C=O) groups excluding carboxylic acids is 1. The van der Waals surface area contributed by atoms with Crippen LogP contribution in [0, 0.1) is 6.92 Å². The number of ether oxygens (including phenoxy) is 1. The van der Waals surface area contributed by atoms with Crippen molar-refractivity contribution in [2.24, 2.45) is 0 Å². The summed E-state index contributed by atoms with van der Waals surface area (Å²) < 4.78 is 5.22. The molecule has 0 amide bonds. The summed E-state index contributed by atoms with van der Waals surface area (Å²) in [6, 6.07) is 13.5. The number of hydrogen-bond acceptors (Lipinski definition) is 2.